The van der Waals surface area contributed by atoms with Gasteiger partial charge in [0.15, 0.2) is 0 Å². The van der Waals surface area contributed by atoms with Gasteiger partial charge in [0.05, 0.1) is 19.3 Å². The molecular formula is C32H42F3N5O4. The van der Waals surface area contributed by atoms with Gasteiger partial charge in [-0.05, 0) is 48.9 Å². The van der Waals surface area contributed by atoms with Gasteiger partial charge in [-0.2, -0.15) is 13.2 Å². The number of β-amino-alcohol motifs (C(OH)–C–C–N with tert-alkyl or cyclic N) is 1. The number of carbonyl (C=O) groups excluding carboxylic acids is 2. The molecule has 0 bridgehead atoms. The molecule has 1 aromatic heterocycles. The number of nitrogens with one attached hydrogen (secondary N) is 1. The number of ether oxygens (including phenoxy) is 1. The molecule has 4 N–H and O–H groups in total. The smallest absolute Gasteiger partial charge is 0.405 e. The van der Waals surface area contributed by atoms with Crippen molar-refractivity contribution in [1.82, 2.24) is 20.1 Å². The van der Waals surface area contributed by atoms with E-state index in [1.807, 2.05) is 24.3 Å². The summed E-state index contributed by atoms with van der Waals surface area (Å²) in [5.41, 5.74) is 7.82. The first kappa shape index (κ1) is 37.9. The molecule has 2 aromatic rings. The number of terminal acetylenes is 2. The zero-order valence-electron chi connectivity index (χ0n) is 24.8. The summed E-state index contributed by atoms with van der Waals surface area (Å²) in [6, 6.07) is 12.0. The number of alkyl halides is 3. The van der Waals surface area contributed by atoms with E-state index in [2.05, 4.69) is 45.7 Å². The fraction of sp³-hybridized carbons (Fsp3) is 0.469. The minimum absolute atomic E-state index is 0.00743. The Labute approximate surface area is 258 Å². The van der Waals surface area contributed by atoms with Crippen molar-refractivity contribution in [2.45, 2.75) is 38.0 Å². The molecule has 0 radical (unpaired) electrons. The summed E-state index contributed by atoms with van der Waals surface area (Å²) in [5.74, 6) is 2.97. The van der Waals surface area contributed by atoms with Crippen molar-refractivity contribution in [1.29, 1.82) is 0 Å². The van der Waals surface area contributed by atoms with Crippen LogP contribution < -0.4 is 15.8 Å². The van der Waals surface area contributed by atoms with Gasteiger partial charge < -0.3 is 20.9 Å². The van der Waals surface area contributed by atoms with Crippen LogP contribution in [0, 0.1) is 31.1 Å². The molecule has 4 rings (SSSR count). The highest BCUT2D eigenvalue weighted by Crippen LogP contribution is 2.23. The second kappa shape index (κ2) is 21.6. The quantitative estimate of drug-likeness (QED) is 0.276. The molecule has 0 spiro atoms. The molecular weight excluding hydrogens is 575 g/mol. The summed E-state index contributed by atoms with van der Waals surface area (Å²) in [7, 11) is 0. The van der Waals surface area contributed by atoms with E-state index in [1.54, 1.807) is 12.4 Å². The molecule has 1 saturated heterocycles. The highest BCUT2D eigenvalue weighted by atomic mass is 19.4. The number of rotatable bonds is 10. The van der Waals surface area contributed by atoms with Crippen LogP contribution in [0.3, 0.4) is 0 Å². The first-order chi connectivity index (χ1) is 21.1. The maximum atomic E-state index is 11.7. The fourth-order valence-electron chi connectivity index (χ4n) is 4.52. The van der Waals surface area contributed by atoms with Gasteiger partial charge in [0.2, 0.25) is 12.3 Å². The van der Waals surface area contributed by atoms with Crippen molar-refractivity contribution < 1.29 is 32.6 Å². The number of hydrogen-bond acceptors (Lipinski definition) is 7. The maximum absolute atomic E-state index is 11.7. The molecule has 2 unspecified atom stereocenters. The maximum Gasteiger partial charge on any atom is 0.405 e. The van der Waals surface area contributed by atoms with Crippen LogP contribution >= 0.6 is 0 Å². The summed E-state index contributed by atoms with van der Waals surface area (Å²) in [5, 5.41) is 11.8. The first-order valence-corrected chi connectivity index (χ1v) is 14.1. The number of halogens is 3. The monoisotopic (exact) mass is 617 g/mol. The predicted molar refractivity (Wildman–Crippen MR) is 163 cm³/mol. The lowest BCUT2D eigenvalue weighted by Gasteiger charge is -2.35. The summed E-state index contributed by atoms with van der Waals surface area (Å²) in [6.45, 7) is 4.43. The van der Waals surface area contributed by atoms with Gasteiger partial charge in [-0.25, -0.2) is 0 Å². The van der Waals surface area contributed by atoms with E-state index in [1.165, 1.54) is 17.3 Å². The molecule has 12 heteroatoms. The van der Waals surface area contributed by atoms with E-state index in [4.69, 9.17) is 16.9 Å². The zero-order chi connectivity index (χ0) is 32.8. The Hall–Kier alpha value is -4.10. The topological polar surface area (TPSA) is 121 Å². The second-order valence-electron chi connectivity index (χ2n) is 10.0. The fourth-order valence-corrected chi connectivity index (χ4v) is 4.52. The average molecular weight is 618 g/mol. The minimum atomic E-state index is -4.29. The van der Waals surface area contributed by atoms with Crippen LogP contribution in [0.25, 0.3) is 0 Å². The molecule has 2 aliphatic rings. The molecule has 2 amide bonds. The van der Waals surface area contributed by atoms with Gasteiger partial charge in [-0.3, -0.25) is 24.4 Å². The van der Waals surface area contributed by atoms with Crippen molar-refractivity contribution in [3.05, 3.63) is 59.9 Å². The van der Waals surface area contributed by atoms with E-state index >= 15 is 0 Å². The number of nitrogens with zero attached hydrogens (tertiary/aromatic N) is 3. The Bertz CT molecular complexity index is 1120. The number of carbonyl (C=O) groups is 2. The van der Waals surface area contributed by atoms with Crippen LogP contribution in [0.1, 0.15) is 24.0 Å². The van der Waals surface area contributed by atoms with E-state index < -0.39 is 18.8 Å². The molecule has 9 nitrogen and oxygen atoms in total. The molecule has 1 aromatic carbocycles. The van der Waals surface area contributed by atoms with Gasteiger partial charge in [0, 0.05) is 51.0 Å². The lowest BCUT2D eigenvalue weighted by Crippen LogP contribution is -2.48. The number of aryl methyl sites for hydroxylation is 1. The Morgan fingerprint density at radius 1 is 1.16 bits per heavy atom. The number of aromatic nitrogens is 1. The molecule has 0 saturated carbocycles. The number of aliphatic hydroxyl groups is 1. The normalized spacial score (nSPS) is 15.8. The Morgan fingerprint density at radius 3 is 2.39 bits per heavy atom. The van der Waals surface area contributed by atoms with E-state index in [-0.39, 0.29) is 18.2 Å². The third-order valence-corrected chi connectivity index (χ3v) is 6.62. The number of nitrogens with two attached hydrogens (primary N) is 1. The van der Waals surface area contributed by atoms with Crippen LogP contribution in [0.4, 0.5) is 13.2 Å². The Morgan fingerprint density at radius 2 is 1.84 bits per heavy atom. The van der Waals surface area contributed by atoms with Gasteiger partial charge in [0.25, 0.3) is 0 Å². The minimum Gasteiger partial charge on any atom is -0.493 e. The summed E-state index contributed by atoms with van der Waals surface area (Å²) in [4.78, 5) is 29.4. The molecule has 2 atom stereocenters. The van der Waals surface area contributed by atoms with Crippen molar-refractivity contribution in [3.8, 4) is 30.9 Å². The number of pyridine rings is 1. The van der Waals surface area contributed by atoms with Crippen molar-refractivity contribution in [2.24, 2.45) is 11.7 Å². The van der Waals surface area contributed by atoms with Crippen LogP contribution in [0.15, 0.2) is 48.8 Å². The van der Waals surface area contributed by atoms with E-state index in [0.717, 1.165) is 50.5 Å². The summed E-state index contributed by atoms with van der Waals surface area (Å²) < 4.78 is 38.5. The molecule has 44 heavy (non-hydrogen) atoms. The van der Waals surface area contributed by atoms with Crippen molar-refractivity contribution in [2.75, 3.05) is 52.4 Å². The van der Waals surface area contributed by atoms with E-state index in [9.17, 15) is 27.9 Å². The lowest BCUT2D eigenvalue weighted by atomic mass is 9.93. The van der Waals surface area contributed by atoms with Crippen LogP contribution in [-0.2, 0) is 22.4 Å². The first-order valence-electron chi connectivity index (χ1n) is 14.1. The Kier molecular flexibility index (Phi) is 18.6. The third kappa shape index (κ3) is 16.5. The Balaban J connectivity index is 0.000000394. The van der Waals surface area contributed by atoms with Crippen LogP contribution in [-0.4, -0.2) is 96.9 Å². The van der Waals surface area contributed by atoms with Gasteiger partial charge in [-0.1, -0.05) is 30.2 Å². The number of para-hydroxylation sites is 1. The standard InChI is InChI=1S/C18H26N4O2.C9H10O.C3H4F3NO.C2H2/c1-2-6-21-7-9-22(10-8-21)14-17(23)12-16(18(19)24)11-15-4-3-5-20-13-15;1-2-6-9-8(4-1)5-3-7-10-9;4-3(5,6)1-7-2-8;1-2/h1,3-5,13,16-17,23H,6-12,14H2,(H2,19,24);1-2,4,6H,3,5,7H2;2H,1H2,(H,7,8);1-2H. The van der Waals surface area contributed by atoms with Crippen molar-refractivity contribution >= 4 is 12.3 Å². The van der Waals surface area contributed by atoms with Crippen LogP contribution in [0.5, 0.6) is 5.75 Å². The largest absolute Gasteiger partial charge is 0.493 e. The number of benzene rings is 1. The van der Waals surface area contributed by atoms with Gasteiger partial charge in [0.1, 0.15) is 12.3 Å². The van der Waals surface area contributed by atoms with Crippen molar-refractivity contribution in [3.63, 3.8) is 0 Å². The van der Waals surface area contributed by atoms with E-state index in [0.29, 0.717) is 25.9 Å². The molecule has 3 heterocycles. The number of primary amides is 1. The number of hydrogen-bond donors (Lipinski definition) is 3. The number of amides is 2. The molecule has 240 valence electrons. The summed E-state index contributed by atoms with van der Waals surface area (Å²) >= 11 is 0. The molecule has 1 fully saturated rings. The lowest BCUT2D eigenvalue weighted by molar-refractivity contribution is -0.132. The SMILES string of the molecule is C#C.C#CCN1CCN(CC(O)CC(Cc2cccnc2)C(N)=O)CC1.O=CNCC(F)(F)F.c1ccc2c(c1)CCCO2. The third-order valence-electron chi connectivity index (χ3n) is 6.62. The van der Waals surface area contributed by atoms with Gasteiger partial charge in [-0.15, -0.1) is 19.3 Å². The predicted octanol–water partition coefficient (Wildman–Crippen LogP) is 2.28. The second-order valence-corrected chi connectivity index (χ2v) is 10.0. The molecule has 2 aliphatic heterocycles. The van der Waals surface area contributed by atoms with Crippen LogP contribution in [0.2, 0.25) is 0 Å². The van der Waals surface area contributed by atoms with Gasteiger partial charge >= 0.3 is 6.18 Å². The zero-order valence-corrected chi connectivity index (χ0v) is 24.8. The number of piperazine rings is 1. The highest BCUT2D eigenvalue weighted by Gasteiger charge is 2.26. The highest BCUT2D eigenvalue weighted by molar-refractivity contribution is 5.77. The summed E-state index contributed by atoms with van der Waals surface area (Å²) in [6.07, 6.45) is 15.1. The number of aliphatic hydroxyl groups excluding tert-OH is 1. The number of fused-ring (bicyclic) bond motifs is 1. The average Bonchev–Trinajstić information content (AvgIpc) is 3.02. The molecule has 0 aliphatic carbocycles.